The predicted molar refractivity (Wildman–Crippen MR) is 246 cm³/mol. The summed E-state index contributed by atoms with van der Waals surface area (Å²) >= 11 is 0. The summed E-state index contributed by atoms with van der Waals surface area (Å²) in [5.41, 5.74) is 5.46. The highest BCUT2D eigenvalue weighted by molar-refractivity contribution is 6.37. The van der Waals surface area contributed by atoms with E-state index in [2.05, 4.69) is 36.9 Å². The van der Waals surface area contributed by atoms with Gasteiger partial charge in [0.15, 0.2) is 0 Å². The number of amides is 7. The smallest absolute Gasteiger partial charge is 0.381 e. The van der Waals surface area contributed by atoms with E-state index in [0.29, 0.717) is 24.0 Å². The van der Waals surface area contributed by atoms with Crippen LogP contribution in [0.5, 0.6) is 0 Å². The number of hydrogen-bond acceptors (Lipinski definition) is 13. The maximum absolute atomic E-state index is 14.4. The number of Topliss-reactive ketones (excluding diaryl/α,β-unsaturated/α-hetero) is 1. The van der Waals surface area contributed by atoms with Gasteiger partial charge in [0.1, 0.15) is 36.4 Å². The van der Waals surface area contributed by atoms with Crippen molar-refractivity contribution in [1.82, 2.24) is 41.5 Å². The number of benzene rings is 1. The van der Waals surface area contributed by atoms with Crippen LogP contribution in [-0.4, -0.2) is 120 Å². The Bertz CT molecular complexity index is 2220. The van der Waals surface area contributed by atoms with Crippen molar-refractivity contribution in [3.63, 3.8) is 0 Å². The van der Waals surface area contributed by atoms with E-state index in [4.69, 9.17) is 5.73 Å². The average Bonchev–Trinajstić information content (AvgIpc) is 3.63. The zero-order chi connectivity index (χ0) is 52.3. The number of rotatable bonds is 29. The molecule has 69 heavy (non-hydrogen) atoms. The van der Waals surface area contributed by atoms with Gasteiger partial charge in [-0.2, -0.15) is 0 Å². The highest BCUT2D eigenvalue weighted by Crippen LogP contribution is 2.21. The van der Waals surface area contributed by atoms with Crippen molar-refractivity contribution < 1.29 is 63.1 Å². The fourth-order valence-corrected chi connectivity index (χ4v) is 7.03. The molecule has 1 aromatic carbocycles. The molecule has 0 saturated heterocycles. The number of aromatic nitrogens is 2. The summed E-state index contributed by atoms with van der Waals surface area (Å²) < 4.78 is 1.31. The first kappa shape index (κ1) is 57.9. The number of carboxylic acids is 2. The Morgan fingerprint density at radius 2 is 1.32 bits per heavy atom. The summed E-state index contributed by atoms with van der Waals surface area (Å²) in [4.78, 5) is 145. The third-order valence-electron chi connectivity index (χ3n) is 10.8. The summed E-state index contributed by atoms with van der Waals surface area (Å²) in [7, 11) is 0. The van der Waals surface area contributed by atoms with Crippen molar-refractivity contribution in [3.05, 3.63) is 57.5 Å². The van der Waals surface area contributed by atoms with E-state index in [1.165, 1.54) is 11.5 Å². The van der Waals surface area contributed by atoms with Crippen molar-refractivity contribution in [2.45, 2.75) is 156 Å². The van der Waals surface area contributed by atoms with Gasteiger partial charge >= 0.3 is 17.8 Å². The number of unbranched alkanes of at least 4 members (excludes halogenated alkanes) is 1. The van der Waals surface area contributed by atoms with Crippen LogP contribution >= 0.6 is 0 Å². The molecule has 24 heteroatoms. The van der Waals surface area contributed by atoms with E-state index >= 15 is 0 Å². The number of carbonyl (C=O) groups excluding carboxylic acids is 8. The molecule has 2 aromatic rings. The molecule has 1 aromatic heterocycles. The monoisotopic (exact) mass is 970 g/mol. The SMILES string of the molecule is CCCC[C@H](NC(=O)[C@H](CC(C)C)NC(=O)[C@@H](NC(=O)[C@H](Cc1ccccc1C)NC(=O)[C@H](CCC(=O)O)NC(=O)[C@H](CC(=O)O)NC(=O)CCn1cc([N+](=O)[O-])nc1C)C(C)(C)C)C(=O)C(N)=O. The number of imidazole rings is 1. The van der Waals surface area contributed by atoms with Crippen LogP contribution in [0.1, 0.15) is 110 Å². The zero-order valence-corrected chi connectivity index (χ0v) is 40.2. The molecule has 0 radical (unpaired) electrons. The molecule has 10 N–H and O–H groups in total. The number of primary amides is 1. The topological polar surface area (TPSA) is 370 Å². The number of carboxylic acid groups (broad SMARTS) is 2. The molecule has 0 saturated carbocycles. The van der Waals surface area contributed by atoms with Crippen molar-refractivity contribution in [2.75, 3.05) is 0 Å². The van der Waals surface area contributed by atoms with Gasteiger partial charge in [0.05, 0.1) is 12.5 Å². The molecule has 0 aliphatic heterocycles. The summed E-state index contributed by atoms with van der Waals surface area (Å²) in [6.07, 6.45) is -0.382. The van der Waals surface area contributed by atoms with Crippen LogP contribution in [0.4, 0.5) is 5.82 Å². The van der Waals surface area contributed by atoms with E-state index in [0.717, 1.165) is 6.20 Å². The lowest BCUT2D eigenvalue weighted by Gasteiger charge is -2.34. The van der Waals surface area contributed by atoms with Gasteiger partial charge in [0.25, 0.3) is 5.91 Å². The summed E-state index contributed by atoms with van der Waals surface area (Å²) in [6.45, 7) is 13.4. The van der Waals surface area contributed by atoms with Gasteiger partial charge in [0.2, 0.25) is 47.1 Å². The third-order valence-corrected chi connectivity index (χ3v) is 10.8. The van der Waals surface area contributed by atoms with Crippen LogP contribution in [0, 0.1) is 35.3 Å². The van der Waals surface area contributed by atoms with Gasteiger partial charge in [-0.1, -0.05) is 78.6 Å². The Hall–Kier alpha value is -7.27. The second kappa shape index (κ2) is 26.9. The maximum Gasteiger partial charge on any atom is 0.381 e. The quantitative estimate of drug-likeness (QED) is 0.0307. The molecule has 7 amide bonds. The second-order valence-electron chi connectivity index (χ2n) is 18.2. The number of nitrogens with two attached hydrogens (primary N) is 1. The van der Waals surface area contributed by atoms with Gasteiger partial charge in [-0.25, -0.2) is 0 Å². The Labute approximate surface area is 399 Å². The van der Waals surface area contributed by atoms with Crippen molar-refractivity contribution in [1.29, 1.82) is 0 Å². The number of ketones is 1. The van der Waals surface area contributed by atoms with Crippen LogP contribution in [-0.2, 0) is 60.9 Å². The lowest BCUT2D eigenvalue weighted by molar-refractivity contribution is -0.389. The van der Waals surface area contributed by atoms with Gasteiger partial charge in [-0.15, -0.1) is 0 Å². The fourth-order valence-electron chi connectivity index (χ4n) is 7.03. The lowest BCUT2D eigenvalue weighted by atomic mass is 9.85. The first-order chi connectivity index (χ1) is 32.1. The van der Waals surface area contributed by atoms with Crippen LogP contribution in [0.25, 0.3) is 0 Å². The van der Waals surface area contributed by atoms with Crippen molar-refractivity contribution in [2.24, 2.45) is 17.1 Å². The van der Waals surface area contributed by atoms with E-state index < -0.39 is 131 Å². The van der Waals surface area contributed by atoms with E-state index in [1.807, 2.05) is 6.92 Å². The van der Waals surface area contributed by atoms with Crippen LogP contribution in [0.2, 0.25) is 0 Å². The minimum absolute atomic E-state index is 0.0814. The number of nitrogens with zero attached hydrogens (tertiary/aromatic N) is 3. The molecule has 0 bridgehead atoms. The minimum Gasteiger partial charge on any atom is -0.481 e. The van der Waals surface area contributed by atoms with Crippen LogP contribution in [0.3, 0.4) is 0 Å². The van der Waals surface area contributed by atoms with Crippen LogP contribution < -0.4 is 37.6 Å². The number of aryl methyl sites for hydroxylation is 3. The number of aliphatic carboxylic acids is 2. The molecular weight excluding hydrogens is 905 g/mol. The summed E-state index contributed by atoms with van der Waals surface area (Å²) in [6, 6.07) is -2.05. The standard InChI is InChI=1S/C45H66N10O14/c1-9-10-15-28(37(61)39(46)62)49-41(64)30(20-24(2)3)52-44(67)38(45(6,7)8)53-43(66)31(21-27-14-12-11-13-25(27)4)51-40(63)29(16-17-35(57)58)50-42(65)32(22-36(59)60)48-34(56)18-19-54-23-33(55(68)69)47-26(54)5/h11-14,23-24,28-32,38H,9-10,15-22H2,1-8H3,(H2,46,62)(H,48,56)(H,49,64)(H,50,65)(H,51,63)(H,52,67)(H,53,66)(H,57,58)(H,59,60)/t28-,29-,30-,31-,32-,38+/m0/s1. The first-order valence-corrected chi connectivity index (χ1v) is 22.5. The molecule has 0 unspecified atom stereocenters. The van der Waals surface area contributed by atoms with Gasteiger partial charge in [-0.05, 0) is 58.6 Å². The van der Waals surface area contributed by atoms with Crippen molar-refractivity contribution in [3.8, 4) is 0 Å². The largest absolute Gasteiger partial charge is 0.481 e. The summed E-state index contributed by atoms with van der Waals surface area (Å²) in [5, 5.41) is 45.3. The average molecular weight is 971 g/mol. The van der Waals surface area contributed by atoms with E-state index in [1.54, 1.807) is 65.8 Å². The van der Waals surface area contributed by atoms with Gasteiger partial charge in [-0.3, -0.25) is 47.9 Å². The zero-order valence-electron chi connectivity index (χ0n) is 40.2. The van der Waals surface area contributed by atoms with Gasteiger partial charge in [0, 0.05) is 32.7 Å². The number of hydrogen-bond donors (Lipinski definition) is 9. The Balaban J connectivity index is 2.47. The minimum atomic E-state index is -1.79. The van der Waals surface area contributed by atoms with E-state index in [9.17, 15) is 68.3 Å². The molecule has 0 fully saturated rings. The predicted octanol–water partition coefficient (Wildman–Crippen LogP) is 0.626. The van der Waals surface area contributed by atoms with E-state index in [-0.39, 0.29) is 44.0 Å². The fraction of sp³-hybridized carbons (Fsp3) is 0.578. The van der Waals surface area contributed by atoms with Crippen molar-refractivity contribution >= 4 is 64.9 Å². The maximum atomic E-state index is 14.4. The normalized spacial score (nSPS) is 13.9. The molecule has 0 aliphatic carbocycles. The molecule has 0 spiro atoms. The highest BCUT2D eigenvalue weighted by Gasteiger charge is 2.39. The van der Waals surface area contributed by atoms with Crippen LogP contribution in [0.15, 0.2) is 30.5 Å². The molecular formula is C45H66N10O14. The van der Waals surface area contributed by atoms with Gasteiger partial charge < -0.3 is 62.5 Å². The Kier molecular flexibility index (Phi) is 22.6. The number of carbonyl (C=O) groups is 10. The molecule has 6 atom stereocenters. The lowest BCUT2D eigenvalue weighted by Crippen LogP contribution is -2.62. The number of nitro groups is 1. The molecule has 2 rings (SSSR count). The number of nitrogens with one attached hydrogen (secondary N) is 6. The first-order valence-electron chi connectivity index (χ1n) is 22.5. The molecule has 24 nitrogen and oxygen atoms in total. The molecule has 1 heterocycles. The molecule has 380 valence electrons. The molecule has 0 aliphatic rings. The Morgan fingerprint density at radius 3 is 1.86 bits per heavy atom. The Morgan fingerprint density at radius 1 is 0.754 bits per heavy atom. The highest BCUT2D eigenvalue weighted by atomic mass is 16.6. The third kappa shape index (κ3) is 19.5. The summed E-state index contributed by atoms with van der Waals surface area (Å²) in [5.74, 6) is -11.2. The second-order valence-corrected chi connectivity index (χ2v) is 18.2.